The summed E-state index contributed by atoms with van der Waals surface area (Å²) in [5.74, 6) is 1.27. The van der Waals surface area contributed by atoms with E-state index in [2.05, 4.69) is 27.2 Å². The lowest BCUT2D eigenvalue weighted by Gasteiger charge is -2.14. The quantitative estimate of drug-likeness (QED) is 0.841. The molecule has 5 heteroatoms. The molecule has 0 aliphatic rings. The summed E-state index contributed by atoms with van der Waals surface area (Å²) in [5.41, 5.74) is 4.27. The number of methoxy groups -OCH3 is 1. The highest BCUT2D eigenvalue weighted by Crippen LogP contribution is 2.41. The number of benzene rings is 1. The second-order valence-electron chi connectivity index (χ2n) is 4.33. The molecule has 0 fully saturated rings. The van der Waals surface area contributed by atoms with Gasteiger partial charge in [-0.2, -0.15) is 5.26 Å². The molecule has 1 heterocycles. The zero-order chi connectivity index (χ0) is 14.2. The van der Waals surface area contributed by atoms with Crippen molar-refractivity contribution < 1.29 is 9.26 Å². The summed E-state index contributed by atoms with van der Waals surface area (Å²) in [6.07, 6.45) is 0. The van der Waals surface area contributed by atoms with Crippen LogP contribution in [-0.2, 0) is 0 Å². The standard InChI is InChI=1S/C14H13BrN2O2/c1-7-5-8(2)11(13(18-4)9(7)3)14-12(15)10(6-16)17-19-14/h5H,1-4H3. The fraction of sp³-hybridized carbons (Fsp3) is 0.286. The van der Waals surface area contributed by atoms with Crippen molar-refractivity contribution in [3.8, 4) is 23.1 Å². The van der Waals surface area contributed by atoms with Gasteiger partial charge in [-0.15, -0.1) is 0 Å². The summed E-state index contributed by atoms with van der Waals surface area (Å²) in [4.78, 5) is 0. The molecule has 0 bridgehead atoms. The maximum Gasteiger partial charge on any atom is 0.198 e. The minimum Gasteiger partial charge on any atom is -0.496 e. The molecular formula is C14H13BrN2O2. The highest BCUT2D eigenvalue weighted by molar-refractivity contribution is 9.10. The van der Waals surface area contributed by atoms with Gasteiger partial charge in [0.25, 0.3) is 0 Å². The molecule has 0 saturated heterocycles. The molecule has 19 heavy (non-hydrogen) atoms. The van der Waals surface area contributed by atoms with Gasteiger partial charge in [0.1, 0.15) is 16.3 Å². The van der Waals surface area contributed by atoms with Gasteiger partial charge in [-0.05, 0) is 53.4 Å². The van der Waals surface area contributed by atoms with Gasteiger partial charge in [-0.3, -0.25) is 0 Å². The topological polar surface area (TPSA) is 59.1 Å². The summed E-state index contributed by atoms with van der Waals surface area (Å²) in [7, 11) is 1.63. The smallest absolute Gasteiger partial charge is 0.198 e. The van der Waals surface area contributed by atoms with Gasteiger partial charge >= 0.3 is 0 Å². The largest absolute Gasteiger partial charge is 0.496 e. The Bertz CT molecular complexity index is 684. The molecule has 98 valence electrons. The Balaban J connectivity index is 2.79. The summed E-state index contributed by atoms with van der Waals surface area (Å²) < 4.78 is 11.3. The first-order valence-electron chi connectivity index (χ1n) is 5.71. The normalized spacial score (nSPS) is 10.3. The van der Waals surface area contributed by atoms with Gasteiger partial charge in [0, 0.05) is 0 Å². The molecule has 0 unspecified atom stereocenters. The second-order valence-corrected chi connectivity index (χ2v) is 5.12. The van der Waals surface area contributed by atoms with Gasteiger partial charge in [0.05, 0.1) is 12.7 Å². The molecule has 2 aromatic rings. The molecule has 4 nitrogen and oxygen atoms in total. The van der Waals surface area contributed by atoms with E-state index < -0.39 is 0 Å². The van der Waals surface area contributed by atoms with Crippen LogP contribution in [0.1, 0.15) is 22.4 Å². The number of halogens is 1. The lowest BCUT2D eigenvalue weighted by Crippen LogP contribution is -1.96. The highest BCUT2D eigenvalue weighted by atomic mass is 79.9. The van der Waals surface area contributed by atoms with Gasteiger partial charge in [0.15, 0.2) is 11.5 Å². The Morgan fingerprint density at radius 1 is 1.32 bits per heavy atom. The van der Waals surface area contributed by atoms with Crippen LogP contribution in [0.4, 0.5) is 0 Å². The second kappa shape index (κ2) is 5.06. The first-order valence-corrected chi connectivity index (χ1v) is 6.51. The number of nitrogens with zero attached hydrogens (tertiary/aromatic N) is 2. The third-order valence-electron chi connectivity index (χ3n) is 3.16. The van der Waals surface area contributed by atoms with Crippen LogP contribution in [-0.4, -0.2) is 12.3 Å². The lowest BCUT2D eigenvalue weighted by molar-refractivity contribution is 0.402. The van der Waals surface area contributed by atoms with Crippen LogP contribution in [0.3, 0.4) is 0 Å². The fourth-order valence-electron chi connectivity index (χ4n) is 2.09. The van der Waals surface area contributed by atoms with Crippen molar-refractivity contribution in [2.75, 3.05) is 7.11 Å². The fourth-order valence-corrected chi connectivity index (χ4v) is 2.52. The average Bonchev–Trinajstić information content (AvgIpc) is 2.74. The van der Waals surface area contributed by atoms with Crippen LogP contribution in [0.2, 0.25) is 0 Å². The molecule has 0 N–H and O–H groups in total. The van der Waals surface area contributed by atoms with E-state index in [1.807, 2.05) is 26.8 Å². The minimum atomic E-state index is 0.231. The van der Waals surface area contributed by atoms with Crippen LogP contribution >= 0.6 is 15.9 Å². The number of nitriles is 1. The van der Waals surface area contributed by atoms with Crippen LogP contribution < -0.4 is 4.74 Å². The first-order chi connectivity index (χ1) is 9.01. The monoisotopic (exact) mass is 320 g/mol. The third-order valence-corrected chi connectivity index (χ3v) is 3.89. The molecule has 0 spiro atoms. The molecular weight excluding hydrogens is 308 g/mol. The molecule has 1 aromatic heterocycles. The molecule has 0 aliphatic heterocycles. The molecule has 0 saturated carbocycles. The predicted octanol–water partition coefficient (Wildman–Crippen LogP) is 3.91. The van der Waals surface area contributed by atoms with Crippen LogP contribution in [0, 0.1) is 32.1 Å². The maximum absolute atomic E-state index is 8.94. The zero-order valence-corrected chi connectivity index (χ0v) is 12.8. The number of aryl methyl sites for hydroxylation is 2. The van der Waals surface area contributed by atoms with Crippen LogP contribution in [0.15, 0.2) is 15.1 Å². The number of aromatic nitrogens is 1. The van der Waals surface area contributed by atoms with E-state index in [0.717, 1.165) is 28.0 Å². The van der Waals surface area contributed by atoms with Gasteiger partial charge < -0.3 is 9.26 Å². The summed E-state index contributed by atoms with van der Waals surface area (Å²) in [6, 6.07) is 4.04. The van der Waals surface area contributed by atoms with Crippen molar-refractivity contribution in [3.05, 3.63) is 32.9 Å². The average molecular weight is 321 g/mol. The number of hydrogen-bond donors (Lipinski definition) is 0. The summed E-state index contributed by atoms with van der Waals surface area (Å²) in [6.45, 7) is 6.00. The summed E-state index contributed by atoms with van der Waals surface area (Å²) in [5, 5.41) is 12.7. The van der Waals surface area contributed by atoms with Crippen molar-refractivity contribution in [1.82, 2.24) is 5.16 Å². The Morgan fingerprint density at radius 3 is 2.53 bits per heavy atom. The lowest BCUT2D eigenvalue weighted by atomic mass is 9.97. The van der Waals surface area contributed by atoms with E-state index in [4.69, 9.17) is 14.5 Å². The zero-order valence-electron chi connectivity index (χ0n) is 11.2. The van der Waals surface area contributed by atoms with Crippen molar-refractivity contribution in [2.24, 2.45) is 0 Å². The SMILES string of the molecule is COc1c(C)c(C)cc(C)c1-c1onc(C#N)c1Br. The number of hydrogen-bond acceptors (Lipinski definition) is 4. The highest BCUT2D eigenvalue weighted by Gasteiger charge is 2.22. The van der Waals surface area contributed by atoms with E-state index in [9.17, 15) is 0 Å². The van der Waals surface area contributed by atoms with Crippen LogP contribution in [0.25, 0.3) is 11.3 Å². The molecule has 0 atom stereocenters. The van der Waals surface area contributed by atoms with Gasteiger partial charge in [0.2, 0.25) is 0 Å². The van der Waals surface area contributed by atoms with Crippen molar-refractivity contribution >= 4 is 15.9 Å². The van der Waals surface area contributed by atoms with Crippen LogP contribution in [0.5, 0.6) is 5.75 Å². The van der Waals surface area contributed by atoms with Gasteiger partial charge in [-0.25, -0.2) is 0 Å². The van der Waals surface area contributed by atoms with E-state index in [1.165, 1.54) is 0 Å². The minimum absolute atomic E-state index is 0.231. The van der Waals surface area contributed by atoms with Crippen molar-refractivity contribution in [1.29, 1.82) is 5.26 Å². The van der Waals surface area contributed by atoms with E-state index in [-0.39, 0.29) is 5.69 Å². The van der Waals surface area contributed by atoms with Gasteiger partial charge in [-0.1, -0.05) is 11.2 Å². The molecule has 2 rings (SSSR count). The number of ether oxygens (including phenoxy) is 1. The van der Waals surface area contributed by atoms with E-state index in [0.29, 0.717) is 10.2 Å². The molecule has 0 amide bonds. The first kappa shape index (κ1) is 13.6. The summed E-state index contributed by atoms with van der Waals surface area (Å²) >= 11 is 3.35. The van der Waals surface area contributed by atoms with Crippen molar-refractivity contribution in [3.63, 3.8) is 0 Å². The third kappa shape index (κ3) is 2.13. The Morgan fingerprint density at radius 2 is 2.00 bits per heavy atom. The Kier molecular flexibility index (Phi) is 3.63. The Hall–Kier alpha value is -1.80. The Labute approximate surface area is 120 Å². The predicted molar refractivity (Wildman–Crippen MR) is 75.1 cm³/mol. The molecule has 0 aliphatic carbocycles. The molecule has 1 aromatic carbocycles. The maximum atomic E-state index is 8.94. The van der Waals surface area contributed by atoms with Crippen molar-refractivity contribution in [2.45, 2.75) is 20.8 Å². The van der Waals surface area contributed by atoms with E-state index in [1.54, 1.807) is 7.11 Å². The number of rotatable bonds is 2. The van der Waals surface area contributed by atoms with E-state index >= 15 is 0 Å². The molecule has 0 radical (unpaired) electrons.